The van der Waals surface area contributed by atoms with Gasteiger partial charge in [0.2, 0.25) is 0 Å². The molecule has 1 aromatic rings. The molecule has 0 aromatic carbocycles. The Balaban J connectivity index is 2.07. The fraction of sp³-hybridized carbons (Fsp3) is 0.545. The van der Waals surface area contributed by atoms with Crippen molar-refractivity contribution in [2.45, 2.75) is 6.92 Å². The van der Waals surface area contributed by atoms with Crippen LogP contribution in [0.2, 0.25) is 0 Å². The topological polar surface area (TPSA) is 45.5 Å². The first-order valence-corrected chi connectivity index (χ1v) is 5.16. The molecule has 0 bridgehead atoms. The molecule has 1 fully saturated rings. The number of aliphatic hydroxyl groups is 1. The van der Waals surface area contributed by atoms with E-state index in [2.05, 4.69) is 0 Å². The third-order valence-electron chi connectivity index (χ3n) is 3.09. The highest BCUT2D eigenvalue weighted by molar-refractivity contribution is 5.93. The number of carbonyl (C=O) groups is 1. The molecule has 2 rings (SSSR count). The Bertz CT molecular complexity index is 378. The molecule has 1 aliphatic rings. The van der Waals surface area contributed by atoms with Crippen LogP contribution in [0.3, 0.4) is 0 Å². The predicted molar refractivity (Wildman–Crippen MR) is 56.6 cm³/mol. The number of likely N-dealkylation sites (tertiary alicyclic amines) is 1. The summed E-state index contributed by atoms with van der Waals surface area (Å²) >= 11 is 0. The zero-order valence-corrected chi connectivity index (χ0v) is 9.10. The maximum absolute atomic E-state index is 11.9. The lowest BCUT2D eigenvalue weighted by molar-refractivity contribution is 0.0353. The molecular weight excluding hydrogens is 192 g/mol. The first kappa shape index (κ1) is 10.2. The number of aryl methyl sites for hydroxylation is 1. The van der Waals surface area contributed by atoms with Gasteiger partial charge in [-0.25, -0.2) is 0 Å². The number of rotatable bonds is 2. The van der Waals surface area contributed by atoms with Gasteiger partial charge in [0.25, 0.3) is 5.91 Å². The van der Waals surface area contributed by atoms with Crippen molar-refractivity contribution in [1.29, 1.82) is 0 Å². The van der Waals surface area contributed by atoms with Gasteiger partial charge < -0.3 is 14.6 Å². The zero-order chi connectivity index (χ0) is 11.0. The number of aromatic nitrogens is 1. The summed E-state index contributed by atoms with van der Waals surface area (Å²) in [6.07, 6.45) is 0. The van der Waals surface area contributed by atoms with Gasteiger partial charge in [0, 0.05) is 38.4 Å². The molecule has 1 N–H and O–H groups in total. The van der Waals surface area contributed by atoms with Crippen LogP contribution in [0.25, 0.3) is 0 Å². The van der Waals surface area contributed by atoms with Gasteiger partial charge in [-0.2, -0.15) is 0 Å². The third kappa shape index (κ3) is 1.65. The van der Waals surface area contributed by atoms with E-state index in [1.165, 1.54) is 0 Å². The third-order valence-corrected chi connectivity index (χ3v) is 3.09. The van der Waals surface area contributed by atoms with E-state index >= 15 is 0 Å². The molecule has 1 amide bonds. The second-order valence-electron chi connectivity index (χ2n) is 4.18. The van der Waals surface area contributed by atoms with Crippen LogP contribution in [0.15, 0.2) is 12.1 Å². The molecule has 1 saturated heterocycles. The van der Waals surface area contributed by atoms with Gasteiger partial charge in [-0.1, -0.05) is 0 Å². The molecule has 0 radical (unpaired) electrons. The van der Waals surface area contributed by atoms with Crippen LogP contribution in [0.4, 0.5) is 0 Å². The standard InChI is InChI=1S/C11H16N2O2/c1-8-3-4-10(12(8)2)11(15)13-5-9(6-13)7-14/h3-4,9,14H,5-7H2,1-2H3. The summed E-state index contributed by atoms with van der Waals surface area (Å²) < 4.78 is 1.90. The second kappa shape index (κ2) is 3.70. The lowest BCUT2D eigenvalue weighted by Gasteiger charge is -2.38. The van der Waals surface area contributed by atoms with Gasteiger partial charge in [-0.3, -0.25) is 4.79 Å². The fourth-order valence-corrected chi connectivity index (χ4v) is 1.84. The number of nitrogens with zero attached hydrogens (tertiary/aromatic N) is 2. The van der Waals surface area contributed by atoms with Crippen LogP contribution in [0.1, 0.15) is 16.2 Å². The van der Waals surface area contributed by atoms with E-state index in [1.807, 2.05) is 30.7 Å². The van der Waals surface area contributed by atoms with Crippen LogP contribution in [0, 0.1) is 12.8 Å². The van der Waals surface area contributed by atoms with E-state index in [4.69, 9.17) is 5.11 Å². The highest BCUT2D eigenvalue weighted by atomic mass is 16.3. The molecule has 4 nitrogen and oxygen atoms in total. The smallest absolute Gasteiger partial charge is 0.270 e. The second-order valence-corrected chi connectivity index (χ2v) is 4.18. The van der Waals surface area contributed by atoms with Crippen LogP contribution < -0.4 is 0 Å². The van der Waals surface area contributed by atoms with E-state index in [0.29, 0.717) is 13.1 Å². The van der Waals surface area contributed by atoms with Crippen molar-refractivity contribution in [2.24, 2.45) is 13.0 Å². The van der Waals surface area contributed by atoms with Crippen molar-refractivity contribution < 1.29 is 9.90 Å². The molecule has 0 aliphatic carbocycles. The van der Waals surface area contributed by atoms with Crippen LogP contribution >= 0.6 is 0 Å². The molecule has 82 valence electrons. The lowest BCUT2D eigenvalue weighted by Crippen LogP contribution is -2.51. The van der Waals surface area contributed by atoms with Gasteiger partial charge in [0.15, 0.2) is 0 Å². The maximum Gasteiger partial charge on any atom is 0.270 e. The summed E-state index contributed by atoms with van der Waals surface area (Å²) in [7, 11) is 1.89. The van der Waals surface area contributed by atoms with Gasteiger partial charge in [-0.05, 0) is 19.1 Å². The minimum atomic E-state index is 0.0651. The van der Waals surface area contributed by atoms with Gasteiger partial charge >= 0.3 is 0 Å². The molecule has 0 spiro atoms. The largest absolute Gasteiger partial charge is 0.396 e. The molecule has 1 aliphatic heterocycles. The van der Waals surface area contributed by atoms with Crippen molar-refractivity contribution in [1.82, 2.24) is 9.47 Å². The highest BCUT2D eigenvalue weighted by Gasteiger charge is 2.31. The molecule has 2 heterocycles. The SMILES string of the molecule is Cc1ccc(C(=O)N2CC(CO)C2)n1C. The number of hydrogen-bond donors (Lipinski definition) is 1. The maximum atomic E-state index is 11.9. The number of aliphatic hydroxyl groups excluding tert-OH is 1. The summed E-state index contributed by atoms with van der Waals surface area (Å²) in [6, 6.07) is 3.79. The van der Waals surface area contributed by atoms with Crippen molar-refractivity contribution in [3.05, 3.63) is 23.5 Å². The normalized spacial score (nSPS) is 16.6. The molecule has 0 atom stereocenters. The number of carbonyl (C=O) groups excluding carboxylic acids is 1. The summed E-state index contributed by atoms with van der Waals surface area (Å²) in [5, 5.41) is 8.87. The zero-order valence-electron chi connectivity index (χ0n) is 9.10. The summed E-state index contributed by atoms with van der Waals surface area (Å²) in [5.41, 5.74) is 1.81. The highest BCUT2D eigenvalue weighted by Crippen LogP contribution is 2.18. The first-order chi connectivity index (χ1) is 7.13. The minimum absolute atomic E-state index is 0.0651. The summed E-state index contributed by atoms with van der Waals surface area (Å²) in [6.45, 7) is 3.51. The van der Waals surface area contributed by atoms with Crippen molar-refractivity contribution >= 4 is 5.91 Å². The Morgan fingerprint density at radius 2 is 2.20 bits per heavy atom. The Hall–Kier alpha value is -1.29. The lowest BCUT2D eigenvalue weighted by atomic mass is 10.0. The molecule has 15 heavy (non-hydrogen) atoms. The average Bonchev–Trinajstić information content (AvgIpc) is 2.46. The molecular formula is C11H16N2O2. The van der Waals surface area contributed by atoms with E-state index in [-0.39, 0.29) is 18.4 Å². The van der Waals surface area contributed by atoms with E-state index < -0.39 is 0 Å². The van der Waals surface area contributed by atoms with Gasteiger partial charge in [-0.15, -0.1) is 0 Å². The van der Waals surface area contributed by atoms with Crippen LogP contribution in [-0.2, 0) is 7.05 Å². The quantitative estimate of drug-likeness (QED) is 0.764. The number of hydrogen-bond acceptors (Lipinski definition) is 2. The van der Waals surface area contributed by atoms with Crippen molar-refractivity contribution in [3.8, 4) is 0 Å². The van der Waals surface area contributed by atoms with Crippen LogP contribution in [-0.4, -0.2) is 40.2 Å². The fourth-order valence-electron chi connectivity index (χ4n) is 1.84. The Labute approximate surface area is 89.1 Å². The van der Waals surface area contributed by atoms with E-state index in [9.17, 15) is 4.79 Å². The van der Waals surface area contributed by atoms with E-state index in [1.54, 1.807) is 4.90 Å². The van der Waals surface area contributed by atoms with Gasteiger partial charge in [0.05, 0.1) is 0 Å². The molecule has 0 unspecified atom stereocenters. The minimum Gasteiger partial charge on any atom is -0.396 e. The number of amides is 1. The van der Waals surface area contributed by atoms with E-state index in [0.717, 1.165) is 11.4 Å². The average molecular weight is 208 g/mol. The Morgan fingerprint density at radius 3 is 2.67 bits per heavy atom. The monoisotopic (exact) mass is 208 g/mol. The molecule has 0 saturated carbocycles. The van der Waals surface area contributed by atoms with Crippen molar-refractivity contribution in [3.63, 3.8) is 0 Å². The Morgan fingerprint density at radius 1 is 1.53 bits per heavy atom. The van der Waals surface area contributed by atoms with Gasteiger partial charge in [0.1, 0.15) is 5.69 Å². The molecule has 1 aromatic heterocycles. The predicted octanol–water partition coefficient (Wildman–Crippen LogP) is 0.398. The summed E-state index contributed by atoms with van der Waals surface area (Å²) in [4.78, 5) is 13.7. The first-order valence-electron chi connectivity index (χ1n) is 5.16. The van der Waals surface area contributed by atoms with Crippen molar-refractivity contribution in [2.75, 3.05) is 19.7 Å². The molecule has 4 heteroatoms. The van der Waals surface area contributed by atoms with Crippen LogP contribution in [0.5, 0.6) is 0 Å². The Kier molecular flexibility index (Phi) is 2.52. The summed E-state index contributed by atoms with van der Waals surface area (Å²) in [5.74, 6) is 0.339.